The van der Waals surface area contributed by atoms with Gasteiger partial charge in [0.15, 0.2) is 5.65 Å². The van der Waals surface area contributed by atoms with Crippen LogP contribution in [0.15, 0.2) is 65.7 Å². The molecular weight excluding hydrogens is 647 g/mol. The molecule has 4 saturated carbocycles. The van der Waals surface area contributed by atoms with E-state index in [4.69, 9.17) is 24.7 Å². The minimum atomic E-state index is -0.969. The van der Waals surface area contributed by atoms with Gasteiger partial charge in [0, 0.05) is 47.3 Å². The van der Waals surface area contributed by atoms with Crippen LogP contribution in [0.5, 0.6) is 5.88 Å². The van der Waals surface area contributed by atoms with Gasteiger partial charge in [0.1, 0.15) is 12.1 Å². The van der Waals surface area contributed by atoms with Gasteiger partial charge in [-0.1, -0.05) is 31.2 Å². The fourth-order valence-corrected chi connectivity index (χ4v) is 8.60. The molecule has 0 aliphatic heterocycles. The fourth-order valence-electron chi connectivity index (χ4n) is 7.96. The first-order chi connectivity index (χ1) is 24.1. The van der Waals surface area contributed by atoms with Crippen LogP contribution in [0.4, 0.5) is 5.95 Å². The number of nitrogens with one attached hydrogen (secondary N) is 2. The second-order valence-electron chi connectivity index (χ2n) is 15.0. The fraction of sp³-hybridized carbons (Fsp3) is 0.410. The maximum absolute atomic E-state index is 11.5. The lowest BCUT2D eigenvalue weighted by Crippen LogP contribution is -2.55. The van der Waals surface area contributed by atoms with E-state index in [0.29, 0.717) is 30.4 Å². The lowest BCUT2D eigenvalue weighted by atomic mass is 9.43. The number of fused-ring (bicyclic) bond motifs is 1. The molecule has 0 amide bonds. The van der Waals surface area contributed by atoms with Gasteiger partial charge < -0.3 is 19.7 Å². The molecule has 3 N–H and O–H groups in total. The molecule has 0 unspecified atom stereocenters. The number of aromatic carboxylic acids is 1. The van der Waals surface area contributed by atoms with Gasteiger partial charge in [-0.15, -0.1) is 0 Å². The number of ether oxygens (including phenoxy) is 1. The molecule has 1 atom stereocenters. The molecule has 4 fully saturated rings. The molecule has 9 rings (SSSR count). The van der Waals surface area contributed by atoms with Crippen molar-refractivity contribution in [1.82, 2.24) is 29.8 Å². The summed E-state index contributed by atoms with van der Waals surface area (Å²) in [5, 5.41) is 13.2. The number of aryl methyl sites for hydroxylation is 3. The van der Waals surface area contributed by atoms with Crippen LogP contribution in [0.25, 0.3) is 22.4 Å². The monoisotopic (exact) mass is 689 g/mol. The third-order valence-electron chi connectivity index (χ3n) is 11.0. The van der Waals surface area contributed by atoms with Crippen molar-refractivity contribution in [2.75, 3.05) is 11.3 Å². The Morgan fingerprint density at radius 3 is 2.52 bits per heavy atom. The van der Waals surface area contributed by atoms with Gasteiger partial charge in [-0.3, -0.25) is 9.71 Å². The number of hydrogen-bond acceptors (Lipinski definition) is 9. The molecule has 0 saturated heterocycles. The van der Waals surface area contributed by atoms with E-state index in [1.165, 1.54) is 49.7 Å². The van der Waals surface area contributed by atoms with Crippen molar-refractivity contribution >= 4 is 35.0 Å². The Hall–Kier alpha value is -4.48. The lowest BCUT2D eigenvalue weighted by Gasteiger charge is -2.63. The second kappa shape index (κ2) is 12.7. The molecule has 4 aliphatic rings. The maximum atomic E-state index is 11.5. The van der Waals surface area contributed by atoms with Crippen molar-refractivity contribution < 1.29 is 14.6 Å². The molecule has 5 aromatic rings. The Morgan fingerprint density at radius 2 is 1.82 bits per heavy atom. The van der Waals surface area contributed by atoms with Crippen LogP contribution >= 0.6 is 11.9 Å². The van der Waals surface area contributed by atoms with Crippen molar-refractivity contribution in [3.63, 3.8) is 0 Å². The Labute approximate surface area is 296 Å². The first kappa shape index (κ1) is 32.7. The van der Waals surface area contributed by atoms with E-state index >= 15 is 0 Å². The Morgan fingerprint density at radius 1 is 1.06 bits per heavy atom. The number of aromatic nitrogens is 5. The summed E-state index contributed by atoms with van der Waals surface area (Å²) < 4.78 is 12.0. The minimum Gasteiger partial charge on any atom is -0.478 e. The molecule has 50 heavy (non-hydrogen) atoms. The summed E-state index contributed by atoms with van der Waals surface area (Å²) in [7, 11) is 2.11. The van der Waals surface area contributed by atoms with Crippen LogP contribution in [0.3, 0.4) is 0 Å². The third-order valence-corrected chi connectivity index (χ3v) is 11.8. The van der Waals surface area contributed by atoms with E-state index in [2.05, 4.69) is 60.6 Å². The van der Waals surface area contributed by atoms with Crippen molar-refractivity contribution in [2.24, 2.45) is 18.4 Å². The lowest BCUT2D eigenvalue weighted by molar-refractivity contribution is -0.119. The average Bonchev–Trinajstić information content (AvgIpc) is 3.72. The number of nitrogens with zero attached hydrogens (tertiary/aromatic N) is 5. The largest absolute Gasteiger partial charge is 0.478 e. The van der Waals surface area contributed by atoms with Crippen molar-refractivity contribution in [1.29, 1.82) is 0 Å². The topological polar surface area (TPSA) is 127 Å². The van der Waals surface area contributed by atoms with Crippen LogP contribution < -0.4 is 14.8 Å². The summed E-state index contributed by atoms with van der Waals surface area (Å²) >= 11 is 1.27. The highest BCUT2D eigenvalue weighted by molar-refractivity contribution is 8.00. The summed E-state index contributed by atoms with van der Waals surface area (Å²) in [6.07, 6.45) is 9.29. The zero-order chi connectivity index (χ0) is 34.6. The van der Waals surface area contributed by atoms with Crippen LogP contribution in [0.1, 0.15) is 78.3 Å². The Kier molecular flexibility index (Phi) is 8.30. The standard InChI is InChI=1S/C39H43N7O3S/c1-23-7-5-8-24(2)34(23)30-15-33(44-37(43-30)45-50-29-10-6-9-26(13-29)36(47)48)49-22-27(19-39-16-25(17-39)18-39)40-20-28-21-41-31-14-32(38(3)11-12-38)46(4)35(31)42-28/h5-10,13-15,21,25,27,40H,11-12,16-20,22H2,1-4H3,(H,47,48)(H,43,44,45)/t25?,27-,39?/m1/s1. The summed E-state index contributed by atoms with van der Waals surface area (Å²) in [6, 6.07) is 17.2. The van der Waals surface area contributed by atoms with Gasteiger partial charge in [-0.2, -0.15) is 4.98 Å². The predicted octanol–water partition coefficient (Wildman–Crippen LogP) is 7.64. The predicted molar refractivity (Wildman–Crippen MR) is 195 cm³/mol. The zero-order valence-electron chi connectivity index (χ0n) is 29.0. The van der Waals surface area contributed by atoms with E-state index in [0.717, 1.165) is 56.5 Å². The summed E-state index contributed by atoms with van der Waals surface area (Å²) in [4.78, 5) is 31.7. The molecule has 4 aliphatic carbocycles. The molecule has 10 nitrogen and oxygen atoms in total. The van der Waals surface area contributed by atoms with Gasteiger partial charge in [-0.25, -0.2) is 14.8 Å². The van der Waals surface area contributed by atoms with E-state index in [1.54, 1.807) is 18.2 Å². The quantitative estimate of drug-likeness (QED) is 0.100. The van der Waals surface area contributed by atoms with Gasteiger partial charge >= 0.3 is 5.97 Å². The molecule has 258 valence electrons. The van der Waals surface area contributed by atoms with Crippen molar-refractivity contribution in [3.8, 4) is 17.1 Å². The van der Waals surface area contributed by atoms with Crippen molar-refractivity contribution in [3.05, 3.63) is 88.9 Å². The van der Waals surface area contributed by atoms with Crippen LogP contribution in [0, 0.1) is 25.2 Å². The first-order valence-electron chi connectivity index (χ1n) is 17.5. The highest BCUT2D eigenvalue weighted by atomic mass is 32.2. The summed E-state index contributed by atoms with van der Waals surface area (Å²) in [5.74, 6) is 0.799. The number of carboxylic acids is 1. The van der Waals surface area contributed by atoms with Gasteiger partial charge in [0.2, 0.25) is 11.8 Å². The number of carboxylic acid groups (broad SMARTS) is 1. The zero-order valence-corrected chi connectivity index (χ0v) is 29.8. The van der Waals surface area contributed by atoms with E-state index in [-0.39, 0.29) is 17.0 Å². The summed E-state index contributed by atoms with van der Waals surface area (Å²) in [6.45, 7) is 7.53. The molecule has 2 bridgehead atoms. The number of hydrogen-bond donors (Lipinski definition) is 3. The molecule has 0 spiro atoms. The number of anilines is 1. The normalized spacial score (nSPS) is 20.5. The number of carbonyl (C=O) groups is 1. The first-order valence-corrected chi connectivity index (χ1v) is 18.3. The smallest absolute Gasteiger partial charge is 0.335 e. The molecule has 0 radical (unpaired) electrons. The van der Waals surface area contributed by atoms with Gasteiger partial charge in [-0.05, 0) is 111 Å². The highest BCUT2D eigenvalue weighted by Gasteiger charge is 2.56. The highest BCUT2D eigenvalue weighted by Crippen LogP contribution is 2.66. The van der Waals surface area contributed by atoms with Crippen LogP contribution in [0.2, 0.25) is 0 Å². The Bertz CT molecular complexity index is 2070. The van der Waals surface area contributed by atoms with Gasteiger partial charge in [0.25, 0.3) is 0 Å². The van der Waals surface area contributed by atoms with E-state index < -0.39 is 5.97 Å². The second-order valence-corrected chi connectivity index (χ2v) is 15.9. The maximum Gasteiger partial charge on any atom is 0.335 e. The van der Waals surface area contributed by atoms with Crippen LogP contribution in [-0.4, -0.2) is 48.2 Å². The summed E-state index contributed by atoms with van der Waals surface area (Å²) in [5.41, 5.74) is 9.04. The van der Waals surface area contributed by atoms with E-state index in [9.17, 15) is 9.90 Å². The van der Waals surface area contributed by atoms with Crippen molar-refractivity contribution in [2.45, 2.75) is 82.2 Å². The molecule has 3 heterocycles. The Balaban J connectivity index is 1.02. The van der Waals surface area contributed by atoms with Crippen LogP contribution in [-0.2, 0) is 19.0 Å². The number of benzene rings is 2. The number of rotatable bonds is 14. The SMILES string of the molecule is Cc1cccc(C)c1-c1cc(OC[C@@H](CC23CC(C2)C3)NCc2cnc3cc(C4(C)CC4)n(C)c3n2)nc(NSc2cccc(C(=O)O)c2)n1. The molecule has 3 aromatic heterocycles. The molecule has 11 heteroatoms. The molecular formula is C39H43N7O3S. The minimum absolute atomic E-state index is 0.103. The molecule has 2 aromatic carbocycles. The van der Waals surface area contributed by atoms with Gasteiger partial charge in [0.05, 0.1) is 23.1 Å². The van der Waals surface area contributed by atoms with E-state index in [1.807, 2.05) is 24.4 Å². The average molecular weight is 690 g/mol. The third kappa shape index (κ3) is 6.44.